The van der Waals surface area contributed by atoms with E-state index in [0.717, 1.165) is 21.6 Å². The second kappa shape index (κ2) is 8.03. The van der Waals surface area contributed by atoms with Gasteiger partial charge in [-0.05, 0) is 43.0 Å². The van der Waals surface area contributed by atoms with Crippen molar-refractivity contribution in [1.82, 2.24) is 4.90 Å². The number of hydrogen-bond acceptors (Lipinski definition) is 4. The molecule has 27 heavy (non-hydrogen) atoms. The number of imide groups is 1. The molecular weight excluding hydrogens is 344 g/mol. The van der Waals surface area contributed by atoms with Gasteiger partial charge < -0.3 is 10.1 Å². The molecule has 2 aromatic rings. The molecule has 0 spiro atoms. The van der Waals surface area contributed by atoms with Gasteiger partial charge in [-0.2, -0.15) is 0 Å². The molecule has 0 radical (unpaired) electrons. The number of nitrogens with zero attached hydrogens (tertiary/aromatic N) is 1. The zero-order valence-electron chi connectivity index (χ0n) is 15.4. The lowest BCUT2D eigenvalue weighted by molar-refractivity contribution is -0.131. The van der Waals surface area contributed by atoms with E-state index in [-0.39, 0.29) is 25.4 Å². The van der Waals surface area contributed by atoms with E-state index in [2.05, 4.69) is 5.32 Å². The highest BCUT2D eigenvalue weighted by atomic mass is 16.6. The number of rotatable bonds is 4. The summed E-state index contributed by atoms with van der Waals surface area (Å²) >= 11 is 0. The molecule has 1 aliphatic heterocycles. The van der Waals surface area contributed by atoms with E-state index in [4.69, 9.17) is 4.74 Å². The van der Waals surface area contributed by atoms with Gasteiger partial charge in [-0.15, -0.1) is 0 Å². The fourth-order valence-corrected chi connectivity index (χ4v) is 3.04. The SMILES string of the molecule is Cc1ccc(C)c(NC(=O)C2CCC(=O)N2C(=O)OCc2ccccc2)c1. The molecule has 0 aromatic heterocycles. The summed E-state index contributed by atoms with van der Waals surface area (Å²) in [6, 6.07) is 14.1. The number of amides is 3. The largest absolute Gasteiger partial charge is 0.444 e. The Morgan fingerprint density at radius 3 is 2.63 bits per heavy atom. The molecule has 1 unspecified atom stereocenters. The molecule has 0 aliphatic carbocycles. The molecule has 3 rings (SSSR count). The van der Waals surface area contributed by atoms with Crippen molar-refractivity contribution in [3.63, 3.8) is 0 Å². The Morgan fingerprint density at radius 2 is 1.89 bits per heavy atom. The third-order valence-corrected chi connectivity index (χ3v) is 4.57. The van der Waals surface area contributed by atoms with E-state index in [9.17, 15) is 14.4 Å². The zero-order valence-corrected chi connectivity index (χ0v) is 15.4. The van der Waals surface area contributed by atoms with Crippen LogP contribution in [0.4, 0.5) is 10.5 Å². The Labute approximate surface area is 158 Å². The van der Waals surface area contributed by atoms with Gasteiger partial charge >= 0.3 is 6.09 Å². The molecule has 1 heterocycles. The monoisotopic (exact) mass is 366 g/mol. The van der Waals surface area contributed by atoms with Crippen molar-refractivity contribution in [2.24, 2.45) is 0 Å². The number of carbonyl (C=O) groups is 3. The molecule has 6 heteroatoms. The number of ether oxygens (including phenoxy) is 1. The zero-order chi connectivity index (χ0) is 19.4. The third kappa shape index (κ3) is 4.34. The average Bonchev–Trinajstić information content (AvgIpc) is 3.05. The van der Waals surface area contributed by atoms with Gasteiger partial charge in [-0.3, -0.25) is 9.59 Å². The quantitative estimate of drug-likeness (QED) is 0.897. The summed E-state index contributed by atoms with van der Waals surface area (Å²) in [5.74, 6) is -0.777. The van der Waals surface area contributed by atoms with Crippen LogP contribution in [0.25, 0.3) is 0 Å². The summed E-state index contributed by atoms with van der Waals surface area (Å²) in [4.78, 5) is 38.2. The number of hydrogen-bond donors (Lipinski definition) is 1. The van der Waals surface area contributed by atoms with E-state index in [1.807, 2.05) is 62.4 Å². The minimum absolute atomic E-state index is 0.0504. The minimum Gasteiger partial charge on any atom is -0.444 e. The Bertz CT molecular complexity index is 864. The predicted molar refractivity (Wildman–Crippen MR) is 101 cm³/mol. The van der Waals surface area contributed by atoms with Gasteiger partial charge in [0.1, 0.15) is 12.6 Å². The average molecular weight is 366 g/mol. The van der Waals surface area contributed by atoms with Crippen LogP contribution in [0.5, 0.6) is 0 Å². The van der Waals surface area contributed by atoms with Crippen LogP contribution in [0, 0.1) is 13.8 Å². The summed E-state index contributed by atoms with van der Waals surface area (Å²) in [5.41, 5.74) is 3.42. The highest BCUT2D eigenvalue weighted by Gasteiger charge is 2.41. The van der Waals surface area contributed by atoms with Crippen molar-refractivity contribution in [1.29, 1.82) is 0 Å². The fraction of sp³-hybridized carbons (Fsp3) is 0.286. The Hall–Kier alpha value is -3.15. The minimum atomic E-state index is -0.860. The molecule has 0 bridgehead atoms. The lowest BCUT2D eigenvalue weighted by atomic mass is 10.1. The number of anilines is 1. The summed E-state index contributed by atoms with van der Waals surface area (Å²) in [7, 11) is 0. The lowest BCUT2D eigenvalue weighted by Gasteiger charge is -2.22. The molecular formula is C21H22N2O4. The van der Waals surface area contributed by atoms with E-state index in [1.54, 1.807) is 0 Å². The molecule has 140 valence electrons. The maximum absolute atomic E-state index is 12.7. The van der Waals surface area contributed by atoms with Crippen LogP contribution in [-0.4, -0.2) is 28.8 Å². The number of aryl methyl sites for hydroxylation is 2. The van der Waals surface area contributed by atoms with Crippen LogP contribution in [0.2, 0.25) is 0 Å². The van der Waals surface area contributed by atoms with Gasteiger partial charge in [-0.25, -0.2) is 9.69 Å². The van der Waals surface area contributed by atoms with Gasteiger partial charge in [0.2, 0.25) is 11.8 Å². The second-order valence-corrected chi connectivity index (χ2v) is 6.67. The standard InChI is InChI=1S/C21H22N2O4/c1-14-8-9-15(2)17(12-14)22-20(25)18-10-11-19(24)23(18)21(26)27-13-16-6-4-3-5-7-16/h3-9,12,18H,10-11,13H2,1-2H3,(H,22,25). The van der Waals surface area contributed by atoms with Crippen LogP contribution >= 0.6 is 0 Å². The highest BCUT2D eigenvalue weighted by Crippen LogP contribution is 2.23. The van der Waals surface area contributed by atoms with Crippen molar-refractivity contribution in [3.8, 4) is 0 Å². The maximum Gasteiger partial charge on any atom is 0.417 e. The molecule has 1 atom stereocenters. The molecule has 0 saturated carbocycles. The van der Waals surface area contributed by atoms with Crippen molar-refractivity contribution < 1.29 is 19.1 Å². The topological polar surface area (TPSA) is 75.7 Å². The Morgan fingerprint density at radius 1 is 1.15 bits per heavy atom. The second-order valence-electron chi connectivity index (χ2n) is 6.67. The van der Waals surface area contributed by atoms with E-state index < -0.39 is 18.0 Å². The predicted octanol–water partition coefficient (Wildman–Crippen LogP) is 3.57. The summed E-state index contributed by atoms with van der Waals surface area (Å²) in [6.45, 7) is 3.87. The first-order valence-corrected chi connectivity index (χ1v) is 8.86. The molecule has 1 N–H and O–H groups in total. The van der Waals surface area contributed by atoms with Gasteiger partial charge in [0.25, 0.3) is 0 Å². The van der Waals surface area contributed by atoms with Gasteiger partial charge in [0.15, 0.2) is 0 Å². The number of benzene rings is 2. The summed E-state index contributed by atoms with van der Waals surface area (Å²) in [5, 5.41) is 2.83. The summed E-state index contributed by atoms with van der Waals surface area (Å²) < 4.78 is 5.24. The maximum atomic E-state index is 12.7. The lowest BCUT2D eigenvalue weighted by Crippen LogP contribution is -2.45. The van der Waals surface area contributed by atoms with Crippen LogP contribution in [0.1, 0.15) is 29.5 Å². The molecule has 1 saturated heterocycles. The van der Waals surface area contributed by atoms with Gasteiger partial charge in [0, 0.05) is 12.1 Å². The third-order valence-electron chi connectivity index (χ3n) is 4.57. The first-order valence-electron chi connectivity index (χ1n) is 8.86. The molecule has 1 aliphatic rings. The number of likely N-dealkylation sites (tertiary alicyclic amines) is 1. The normalized spacial score (nSPS) is 16.3. The summed E-state index contributed by atoms with van der Waals surface area (Å²) in [6.07, 6.45) is -0.358. The van der Waals surface area contributed by atoms with E-state index >= 15 is 0 Å². The smallest absolute Gasteiger partial charge is 0.417 e. The van der Waals surface area contributed by atoms with Gasteiger partial charge in [-0.1, -0.05) is 42.5 Å². The van der Waals surface area contributed by atoms with Crippen molar-refractivity contribution in [2.45, 2.75) is 39.3 Å². The number of nitrogens with one attached hydrogen (secondary N) is 1. The van der Waals surface area contributed by atoms with Crippen LogP contribution in [0.3, 0.4) is 0 Å². The van der Waals surface area contributed by atoms with Crippen LogP contribution < -0.4 is 5.32 Å². The van der Waals surface area contributed by atoms with Crippen LogP contribution in [-0.2, 0) is 20.9 Å². The Kier molecular flexibility index (Phi) is 5.54. The van der Waals surface area contributed by atoms with Crippen molar-refractivity contribution in [2.75, 3.05) is 5.32 Å². The van der Waals surface area contributed by atoms with Crippen molar-refractivity contribution in [3.05, 3.63) is 65.2 Å². The highest BCUT2D eigenvalue weighted by molar-refractivity contribution is 6.04. The molecule has 1 fully saturated rings. The number of carbonyl (C=O) groups excluding carboxylic acids is 3. The van der Waals surface area contributed by atoms with E-state index in [0.29, 0.717) is 5.69 Å². The molecule has 6 nitrogen and oxygen atoms in total. The molecule has 3 amide bonds. The first kappa shape index (κ1) is 18.6. The molecule has 2 aromatic carbocycles. The first-order chi connectivity index (χ1) is 13.0. The Balaban J connectivity index is 1.68. The van der Waals surface area contributed by atoms with Crippen molar-refractivity contribution >= 4 is 23.6 Å². The van der Waals surface area contributed by atoms with E-state index in [1.165, 1.54) is 0 Å². The van der Waals surface area contributed by atoms with Gasteiger partial charge in [0.05, 0.1) is 0 Å². The fourth-order valence-electron chi connectivity index (χ4n) is 3.04. The van der Waals surface area contributed by atoms with Crippen LogP contribution in [0.15, 0.2) is 48.5 Å².